The molecule has 1 atom stereocenters. The molecule has 0 spiro atoms. The van der Waals surface area contributed by atoms with Gasteiger partial charge in [-0.15, -0.1) is 0 Å². The quantitative estimate of drug-likeness (QED) is 0.724. The summed E-state index contributed by atoms with van der Waals surface area (Å²) in [6.45, 7) is 1.99. The molecular formula is C8H8INO. The van der Waals surface area contributed by atoms with Crippen molar-refractivity contribution in [3.63, 3.8) is 0 Å². The number of hydrogen-bond acceptors (Lipinski definition) is 2. The summed E-state index contributed by atoms with van der Waals surface area (Å²) in [5.41, 5.74) is 1.10. The molecular weight excluding hydrogens is 253 g/mol. The van der Waals surface area contributed by atoms with Crippen LogP contribution >= 0.6 is 22.6 Å². The van der Waals surface area contributed by atoms with Gasteiger partial charge in [-0.1, -0.05) is 0 Å². The number of nitrogens with one attached hydrogen (secondary N) is 1. The Balaban J connectivity index is 2.43. The smallest absolute Gasteiger partial charge is 0.167 e. The van der Waals surface area contributed by atoms with Crippen LogP contribution in [-0.4, -0.2) is 6.23 Å². The maximum Gasteiger partial charge on any atom is 0.167 e. The lowest BCUT2D eigenvalue weighted by Crippen LogP contribution is -2.13. The highest BCUT2D eigenvalue weighted by molar-refractivity contribution is 14.1. The van der Waals surface area contributed by atoms with Gasteiger partial charge in [-0.05, 0) is 47.7 Å². The van der Waals surface area contributed by atoms with E-state index in [1.165, 1.54) is 3.57 Å². The van der Waals surface area contributed by atoms with Crippen LogP contribution in [0.1, 0.15) is 6.92 Å². The molecule has 1 heterocycles. The molecule has 0 radical (unpaired) electrons. The SMILES string of the molecule is CC1Nc2cc(I)ccc2O1. The van der Waals surface area contributed by atoms with Gasteiger partial charge in [0.1, 0.15) is 5.75 Å². The second-order valence-electron chi connectivity index (χ2n) is 2.54. The van der Waals surface area contributed by atoms with Gasteiger partial charge >= 0.3 is 0 Å². The molecule has 0 saturated heterocycles. The monoisotopic (exact) mass is 261 g/mol. The van der Waals surface area contributed by atoms with E-state index in [9.17, 15) is 0 Å². The summed E-state index contributed by atoms with van der Waals surface area (Å²) in [7, 11) is 0. The van der Waals surface area contributed by atoms with Gasteiger partial charge in [0.05, 0.1) is 5.69 Å². The van der Waals surface area contributed by atoms with Crippen LogP contribution in [0.3, 0.4) is 0 Å². The summed E-state index contributed by atoms with van der Waals surface area (Å²) in [6, 6.07) is 6.12. The molecule has 58 valence electrons. The fourth-order valence-corrected chi connectivity index (χ4v) is 1.65. The van der Waals surface area contributed by atoms with Gasteiger partial charge in [0.2, 0.25) is 0 Å². The molecule has 3 heteroatoms. The number of anilines is 1. The number of benzene rings is 1. The number of halogens is 1. The van der Waals surface area contributed by atoms with Crippen LogP contribution in [0.15, 0.2) is 18.2 Å². The van der Waals surface area contributed by atoms with Gasteiger partial charge < -0.3 is 10.1 Å². The lowest BCUT2D eigenvalue weighted by molar-refractivity contribution is 0.275. The highest BCUT2D eigenvalue weighted by Gasteiger charge is 2.16. The molecule has 2 rings (SSSR count). The van der Waals surface area contributed by atoms with E-state index >= 15 is 0 Å². The minimum atomic E-state index is 0.114. The summed E-state index contributed by atoms with van der Waals surface area (Å²) < 4.78 is 6.68. The number of fused-ring (bicyclic) bond motifs is 1. The van der Waals surface area contributed by atoms with Gasteiger partial charge in [-0.25, -0.2) is 0 Å². The predicted molar refractivity (Wildman–Crippen MR) is 52.9 cm³/mol. The Morgan fingerprint density at radius 3 is 3.18 bits per heavy atom. The first-order valence-electron chi connectivity index (χ1n) is 3.48. The first-order chi connectivity index (χ1) is 5.25. The van der Waals surface area contributed by atoms with Crippen molar-refractivity contribution in [2.75, 3.05) is 5.32 Å². The van der Waals surface area contributed by atoms with E-state index in [2.05, 4.69) is 34.0 Å². The van der Waals surface area contributed by atoms with Crippen LogP contribution in [0, 0.1) is 3.57 Å². The van der Waals surface area contributed by atoms with Crippen molar-refractivity contribution >= 4 is 28.3 Å². The van der Waals surface area contributed by atoms with Crippen LogP contribution in [0.5, 0.6) is 5.75 Å². The zero-order valence-electron chi connectivity index (χ0n) is 6.10. The topological polar surface area (TPSA) is 21.3 Å². The van der Waals surface area contributed by atoms with Crippen LogP contribution in [0.25, 0.3) is 0 Å². The molecule has 0 bridgehead atoms. The molecule has 1 aromatic rings. The van der Waals surface area contributed by atoms with Crippen molar-refractivity contribution in [2.24, 2.45) is 0 Å². The molecule has 1 aromatic carbocycles. The molecule has 1 aliphatic heterocycles. The molecule has 1 unspecified atom stereocenters. The van der Waals surface area contributed by atoms with E-state index in [0.29, 0.717) is 0 Å². The number of hydrogen-bond donors (Lipinski definition) is 1. The zero-order chi connectivity index (χ0) is 7.84. The average molecular weight is 261 g/mol. The van der Waals surface area contributed by atoms with E-state index in [0.717, 1.165) is 11.4 Å². The normalized spacial score (nSPS) is 20.4. The average Bonchev–Trinajstić information content (AvgIpc) is 2.27. The summed E-state index contributed by atoms with van der Waals surface area (Å²) >= 11 is 2.28. The van der Waals surface area contributed by atoms with Gasteiger partial charge in [0.25, 0.3) is 0 Å². The summed E-state index contributed by atoms with van der Waals surface area (Å²) in [5, 5.41) is 3.21. The molecule has 11 heavy (non-hydrogen) atoms. The van der Waals surface area contributed by atoms with Gasteiger partial charge in [-0.2, -0.15) is 0 Å². The van der Waals surface area contributed by atoms with Crippen LogP contribution in [-0.2, 0) is 0 Å². The minimum Gasteiger partial charge on any atom is -0.469 e. The minimum absolute atomic E-state index is 0.114. The highest BCUT2D eigenvalue weighted by atomic mass is 127. The molecule has 0 aromatic heterocycles. The molecule has 0 aliphatic carbocycles. The van der Waals surface area contributed by atoms with E-state index in [1.54, 1.807) is 0 Å². The van der Waals surface area contributed by atoms with Crippen molar-refractivity contribution < 1.29 is 4.74 Å². The lowest BCUT2D eigenvalue weighted by Gasteiger charge is -2.00. The van der Waals surface area contributed by atoms with Gasteiger partial charge in [-0.3, -0.25) is 0 Å². The third kappa shape index (κ3) is 1.29. The van der Waals surface area contributed by atoms with E-state index < -0.39 is 0 Å². The summed E-state index contributed by atoms with van der Waals surface area (Å²) in [4.78, 5) is 0. The maximum absolute atomic E-state index is 5.45. The van der Waals surface area contributed by atoms with Gasteiger partial charge in [0, 0.05) is 3.57 Å². The number of rotatable bonds is 0. The predicted octanol–water partition coefficient (Wildman–Crippen LogP) is 2.44. The molecule has 0 saturated carbocycles. The first-order valence-corrected chi connectivity index (χ1v) is 4.56. The van der Waals surface area contributed by atoms with E-state index in [-0.39, 0.29) is 6.23 Å². The Hall–Kier alpha value is -0.450. The van der Waals surface area contributed by atoms with Crippen molar-refractivity contribution in [1.29, 1.82) is 0 Å². The van der Waals surface area contributed by atoms with Crippen molar-refractivity contribution in [3.05, 3.63) is 21.8 Å². The number of ether oxygens (including phenoxy) is 1. The molecule has 0 amide bonds. The Morgan fingerprint density at radius 2 is 2.36 bits per heavy atom. The second-order valence-corrected chi connectivity index (χ2v) is 3.79. The van der Waals surface area contributed by atoms with Crippen LogP contribution in [0.2, 0.25) is 0 Å². The van der Waals surface area contributed by atoms with E-state index in [4.69, 9.17) is 4.74 Å². The summed E-state index contributed by atoms with van der Waals surface area (Å²) in [5.74, 6) is 0.956. The Bertz CT molecular complexity index is 287. The first kappa shape index (κ1) is 7.21. The van der Waals surface area contributed by atoms with Crippen LogP contribution < -0.4 is 10.1 Å². The van der Waals surface area contributed by atoms with Crippen LogP contribution in [0.4, 0.5) is 5.69 Å². The maximum atomic E-state index is 5.45. The van der Waals surface area contributed by atoms with Crippen molar-refractivity contribution in [3.8, 4) is 5.75 Å². The van der Waals surface area contributed by atoms with Crippen molar-refractivity contribution in [1.82, 2.24) is 0 Å². The lowest BCUT2D eigenvalue weighted by atomic mass is 10.3. The van der Waals surface area contributed by atoms with Gasteiger partial charge in [0.15, 0.2) is 6.23 Å². The second kappa shape index (κ2) is 2.55. The third-order valence-corrected chi connectivity index (χ3v) is 2.28. The third-order valence-electron chi connectivity index (χ3n) is 1.60. The molecule has 1 aliphatic rings. The summed E-state index contributed by atoms with van der Waals surface area (Å²) in [6.07, 6.45) is 0.114. The van der Waals surface area contributed by atoms with E-state index in [1.807, 2.05) is 19.1 Å². The Labute approximate surface area is 79.1 Å². The fourth-order valence-electron chi connectivity index (χ4n) is 1.16. The molecule has 1 N–H and O–H groups in total. The van der Waals surface area contributed by atoms with Crippen molar-refractivity contribution in [2.45, 2.75) is 13.2 Å². The Kier molecular flexibility index (Phi) is 1.67. The molecule has 0 fully saturated rings. The molecule has 2 nitrogen and oxygen atoms in total. The Morgan fingerprint density at radius 1 is 1.55 bits per heavy atom. The highest BCUT2D eigenvalue weighted by Crippen LogP contribution is 2.32. The zero-order valence-corrected chi connectivity index (χ0v) is 8.25. The fraction of sp³-hybridized carbons (Fsp3) is 0.250. The largest absolute Gasteiger partial charge is 0.469 e. The standard InChI is InChI=1S/C8H8INO/c1-5-10-7-4-6(9)2-3-8(7)11-5/h2-5,10H,1H3.